The van der Waals surface area contributed by atoms with Gasteiger partial charge in [0.1, 0.15) is 0 Å². The van der Waals surface area contributed by atoms with Crippen LogP contribution < -0.4 is 14.8 Å². The average Bonchev–Trinajstić information content (AvgIpc) is 2.52. The number of anilines is 1. The number of halogens is 2. The van der Waals surface area contributed by atoms with E-state index in [-0.39, 0.29) is 5.91 Å². The molecule has 0 aliphatic carbocycles. The van der Waals surface area contributed by atoms with Crippen molar-refractivity contribution in [3.63, 3.8) is 0 Å². The van der Waals surface area contributed by atoms with Crippen molar-refractivity contribution in [2.45, 2.75) is 0 Å². The van der Waals surface area contributed by atoms with Gasteiger partial charge in [0.2, 0.25) is 5.91 Å². The molecule has 120 valence electrons. The minimum atomic E-state index is -0.252. The third-order valence-corrected chi connectivity index (χ3v) is 3.80. The van der Waals surface area contributed by atoms with Gasteiger partial charge in [0.15, 0.2) is 11.5 Å². The van der Waals surface area contributed by atoms with E-state index in [2.05, 4.69) is 21.2 Å². The first kappa shape index (κ1) is 17.4. The topological polar surface area (TPSA) is 47.6 Å². The summed E-state index contributed by atoms with van der Waals surface area (Å²) >= 11 is 9.29. The molecule has 0 heterocycles. The lowest BCUT2D eigenvalue weighted by Crippen LogP contribution is -2.07. The number of methoxy groups -OCH3 is 2. The van der Waals surface area contributed by atoms with E-state index in [0.717, 1.165) is 10.0 Å². The Morgan fingerprint density at radius 2 is 2.00 bits per heavy atom. The van der Waals surface area contributed by atoms with E-state index in [9.17, 15) is 4.79 Å². The summed E-state index contributed by atoms with van der Waals surface area (Å²) in [4.78, 5) is 12.0. The number of carbonyl (C=O) groups is 1. The summed E-state index contributed by atoms with van der Waals surface area (Å²) < 4.78 is 11.3. The molecule has 0 atom stereocenters. The molecule has 6 heteroatoms. The van der Waals surface area contributed by atoms with Gasteiger partial charge in [-0.1, -0.05) is 17.7 Å². The van der Waals surface area contributed by atoms with Crippen LogP contribution in [-0.2, 0) is 4.79 Å². The maximum absolute atomic E-state index is 12.0. The summed E-state index contributed by atoms with van der Waals surface area (Å²) in [7, 11) is 3.13. The molecule has 0 bridgehead atoms. The molecule has 2 rings (SSSR count). The molecule has 0 aliphatic heterocycles. The number of hydrogen-bond donors (Lipinski definition) is 1. The molecule has 0 aromatic heterocycles. The lowest BCUT2D eigenvalue weighted by atomic mass is 10.2. The van der Waals surface area contributed by atoms with E-state index >= 15 is 0 Å². The molecule has 2 aromatic carbocycles. The number of rotatable bonds is 5. The zero-order valence-corrected chi connectivity index (χ0v) is 14.9. The van der Waals surface area contributed by atoms with Crippen molar-refractivity contribution in [3.8, 4) is 11.5 Å². The normalized spacial score (nSPS) is 10.6. The molecule has 4 nitrogen and oxygen atoms in total. The molecule has 1 N–H and O–H groups in total. The Hall–Kier alpha value is -1.98. The Kier molecular flexibility index (Phi) is 6.07. The number of ether oxygens (including phenoxy) is 2. The Labute approximate surface area is 148 Å². The predicted molar refractivity (Wildman–Crippen MR) is 96.4 cm³/mol. The van der Waals surface area contributed by atoms with E-state index in [0.29, 0.717) is 22.2 Å². The van der Waals surface area contributed by atoms with Crippen molar-refractivity contribution in [1.29, 1.82) is 0 Å². The van der Waals surface area contributed by atoms with Gasteiger partial charge in [-0.3, -0.25) is 4.79 Å². The summed E-state index contributed by atoms with van der Waals surface area (Å²) in [5.41, 5.74) is 1.44. The van der Waals surface area contributed by atoms with Gasteiger partial charge < -0.3 is 14.8 Å². The van der Waals surface area contributed by atoms with Crippen molar-refractivity contribution in [3.05, 3.63) is 57.5 Å². The highest BCUT2D eigenvalue weighted by Gasteiger charge is 2.09. The molecule has 0 saturated carbocycles. The van der Waals surface area contributed by atoms with Crippen LogP contribution in [0.4, 0.5) is 5.69 Å². The Morgan fingerprint density at radius 3 is 2.65 bits per heavy atom. The first-order valence-corrected chi connectivity index (χ1v) is 7.86. The van der Waals surface area contributed by atoms with Crippen molar-refractivity contribution in [2.75, 3.05) is 19.5 Å². The second kappa shape index (κ2) is 8.04. The van der Waals surface area contributed by atoms with Gasteiger partial charge in [-0.05, 0) is 57.9 Å². The maximum atomic E-state index is 12.0. The minimum absolute atomic E-state index is 0.252. The number of hydrogen-bond acceptors (Lipinski definition) is 3. The number of carbonyl (C=O) groups excluding carboxylic acids is 1. The van der Waals surface area contributed by atoms with Crippen LogP contribution in [-0.4, -0.2) is 20.1 Å². The average molecular weight is 397 g/mol. The summed E-state index contributed by atoms with van der Waals surface area (Å²) in [5, 5.41) is 3.31. The number of benzene rings is 2. The molecule has 0 radical (unpaired) electrons. The zero-order chi connectivity index (χ0) is 16.8. The van der Waals surface area contributed by atoms with Crippen LogP contribution in [0, 0.1) is 0 Å². The summed E-state index contributed by atoms with van der Waals surface area (Å²) in [6.07, 6.45) is 3.13. The van der Waals surface area contributed by atoms with Crippen LogP contribution in [0.15, 0.2) is 46.9 Å². The van der Waals surface area contributed by atoms with Gasteiger partial charge >= 0.3 is 0 Å². The lowest BCUT2D eigenvalue weighted by Gasteiger charge is -2.10. The van der Waals surface area contributed by atoms with Gasteiger partial charge in [0.25, 0.3) is 0 Å². The van der Waals surface area contributed by atoms with Crippen LogP contribution in [0.2, 0.25) is 5.02 Å². The summed E-state index contributed by atoms with van der Waals surface area (Å²) in [6, 6.07) is 10.6. The molecule has 0 saturated heterocycles. The fourth-order valence-electron chi connectivity index (χ4n) is 1.96. The first-order chi connectivity index (χ1) is 11.0. The highest BCUT2D eigenvalue weighted by Crippen LogP contribution is 2.36. The molecule has 0 fully saturated rings. The molecular formula is C17H15BrClNO3. The molecule has 0 aliphatic rings. The van der Waals surface area contributed by atoms with Gasteiger partial charge in [-0.2, -0.15) is 0 Å². The van der Waals surface area contributed by atoms with Gasteiger partial charge in [-0.15, -0.1) is 0 Å². The minimum Gasteiger partial charge on any atom is -0.493 e. The smallest absolute Gasteiger partial charge is 0.248 e. The second-order valence-corrected chi connectivity index (χ2v) is 5.86. The molecule has 23 heavy (non-hydrogen) atoms. The Bertz CT molecular complexity index is 747. The predicted octanol–water partition coefficient (Wildman–Crippen LogP) is 4.77. The van der Waals surface area contributed by atoms with Gasteiger partial charge in [0.05, 0.1) is 18.7 Å². The van der Waals surface area contributed by atoms with Crippen molar-refractivity contribution in [1.82, 2.24) is 0 Å². The largest absolute Gasteiger partial charge is 0.493 e. The van der Waals surface area contributed by atoms with E-state index in [1.807, 2.05) is 6.07 Å². The van der Waals surface area contributed by atoms with Gasteiger partial charge in [0, 0.05) is 16.8 Å². The Balaban J connectivity index is 2.13. The fraction of sp³-hybridized carbons (Fsp3) is 0.118. The third-order valence-electron chi connectivity index (χ3n) is 2.98. The Morgan fingerprint density at radius 1 is 1.22 bits per heavy atom. The molecule has 1 amide bonds. The van der Waals surface area contributed by atoms with E-state index in [1.54, 1.807) is 50.6 Å². The number of nitrogens with one attached hydrogen (secondary N) is 1. The van der Waals surface area contributed by atoms with Crippen LogP contribution >= 0.6 is 27.5 Å². The van der Waals surface area contributed by atoms with Crippen molar-refractivity contribution < 1.29 is 14.3 Å². The van der Waals surface area contributed by atoms with Crippen LogP contribution in [0.1, 0.15) is 5.56 Å². The first-order valence-electron chi connectivity index (χ1n) is 6.69. The van der Waals surface area contributed by atoms with E-state index in [4.69, 9.17) is 21.1 Å². The summed E-state index contributed by atoms with van der Waals surface area (Å²) in [5.74, 6) is 0.933. The second-order valence-electron chi connectivity index (χ2n) is 4.57. The maximum Gasteiger partial charge on any atom is 0.248 e. The monoisotopic (exact) mass is 395 g/mol. The van der Waals surface area contributed by atoms with Gasteiger partial charge in [-0.25, -0.2) is 0 Å². The SMILES string of the molecule is COc1cc(C=CC(=O)Nc2cccc(Cl)c2)cc(Br)c1OC. The molecule has 0 unspecified atom stereocenters. The molecule has 0 spiro atoms. The molecule has 2 aromatic rings. The van der Waals surface area contributed by atoms with Crippen LogP contribution in [0.5, 0.6) is 11.5 Å². The molecular weight excluding hydrogens is 382 g/mol. The summed E-state index contributed by atoms with van der Waals surface area (Å²) in [6.45, 7) is 0. The van der Waals surface area contributed by atoms with Crippen LogP contribution in [0.3, 0.4) is 0 Å². The third kappa shape index (κ3) is 4.74. The fourth-order valence-corrected chi connectivity index (χ4v) is 2.77. The standard InChI is InChI=1S/C17H15BrClNO3/c1-22-15-9-11(8-14(18)17(15)23-2)6-7-16(21)20-13-5-3-4-12(19)10-13/h3-10H,1-2H3,(H,20,21). The van der Waals surface area contributed by atoms with E-state index in [1.165, 1.54) is 6.08 Å². The number of amides is 1. The zero-order valence-electron chi connectivity index (χ0n) is 12.6. The highest BCUT2D eigenvalue weighted by atomic mass is 79.9. The van der Waals surface area contributed by atoms with E-state index < -0.39 is 0 Å². The van der Waals surface area contributed by atoms with Crippen molar-refractivity contribution >= 4 is 45.2 Å². The lowest BCUT2D eigenvalue weighted by molar-refractivity contribution is -0.111. The van der Waals surface area contributed by atoms with Crippen LogP contribution in [0.25, 0.3) is 6.08 Å². The quantitative estimate of drug-likeness (QED) is 0.741. The highest BCUT2D eigenvalue weighted by molar-refractivity contribution is 9.10. The van der Waals surface area contributed by atoms with Crippen molar-refractivity contribution in [2.24, 2.45) is 0 Å².